The summed E-state index contributed by atoms with van der Waals surface area (Å²) >= 11 is 1.42. The van der Waals surface area contributed by atoms with Gasteiger partial charge in [-0.05, 0) is 48.4 Å². The van der Waals surface area contributed by atoms with Crippen LogP contribution in [0.25, 0.3) is 16.5 Å². The Morgan fingerprint density at radius 1 is 0.926 bits per heavy atom. The van der Waals surface area contributed by atoms with Gasteiger partial charge in [0.05, 0.1) is 5.75 Å². The summed E-state index contributed by atoms with van der Waals surface area (Å²) < 4.78 is 1.99. The molecule has 0 aliphatic heterocycles. The molecule has 0 radical (unpaired) electrons. The van der Waals surface area contributed by atoms with Crippen molar-refractivity contribution in [3.8, 4) is 5.69 Å². The number of nitrogens with zero attached hydrogens (tertiary/aromatic N) is 3. The molecule has 134 valence electrons. The van der Waals surface area contributed by atoms with Crippen LogP contribution in [0.5, 0.6) is 0 Å². The Morgan fingerprint density at radius 2 is 1.74 bits per heavy atom. The average Bonchev–Trinajstić information content (AvgIpc) is 3.06. The van der Waals surface area contributed by atoms with Crippen LogP contribution in [0.2, 0.25) is 0 Å². The van der Waals surface area contributed by atoms with Gasteiger partial charge in [0.25, 0.3) is 0 Å². The van der Waals surface area contributed by atoms with Crippen LogP contribution in [0.1, 0.15) is 21.7 Å². The van der Waals surface area contributed by atoms with Crippen molar-refractivity contribution in [3.63, 3.8) is 0 Å². The third-order valence-corrected chi connectivity index (χ3v) is 5.39. The lowest BCUT2D eigenvalue weighted by atomic mass is 10.1. The Labute approximate surface area is 162 Å². The molecule has 0 N–H and O–H groups in total. The highest BCUT2D eigenvalue weighted by atomic mass is 32.2. The number of rotatable bonds is 5. The minimum absolute atomic E-state index is 0.0854. The van der Waals surface area contributed by atoms with Crippen molar-refractivity contribution in [2.45, 2.75) is 19.0 Å². The number of carbonyl (C=O) groups excluding carboxylic acids is 1. The zero-order chi connectivity index (χ0) is 18.8. The Bertz CT molecular complexity index is 1130. The van der Waals surface area contributed by atoms with E-state index in [-0.39, 0.29) is 5.78 Å². The maximum atomic E-state index is 12.7. The Balaban J connectivity index is 1.56. The van der Waals surface area contributed by atoms with E-state index in [2.05, 4.69) is 29.3 Å². The molecular formula is C22H19N3OS. The quantitative estimate of drug-likeness (QED) is 0.364. The van der Waals surface area contributed by atoms with Gasteiger partial charge in [0, 0.05) is 11.3 Å². The van der Waals surface area contributed by atoms with Gasteiger partial charge in [-0.15, -0.1) is 10.2 Å². The Hall–Kier alpha value is -2.92. The van der Waals surface area contributed by atoms with Crippen molar-refractivity contribution in [1.82, 2.24) is 14.8 Å². The van der Waals surface area contributed by atoms with E-state index in [0.717, 1.165) is 33.0 Å². The fourth-order valence-electron chi connectivity index (χ4n) is 3.08. The topological polar surface area (TPSA) is 47.8 Å². The van der Waals surface area contributed by atoms with Gasteiger partial charge in [-0.1, -0.05) is 60.3 Å². The predicted octanol–water partition coefficient (Wildman–Crippen LogP) is 5.01. The number of ketones is 1. The van der Waals surface area contributed by atoms with Gasteiger partial charge in [0.1, 0.15) is 5.82 Å². The second-order valence-corrected chi connectivity index (χ2v) is 7.42. The number of hydrogen-bond acceptors (Lipinski definition) is 4. The van der Waals surface area contributed by atoms with Crippen molar-refractivity contribution >= 4 is 28.3 Å². The molecule has 0 aliphatic carbocycles. The van der Waals surface area contributed by atoms with E-state index in [1.165, 1.54) is 17.3 Å². The van der Waals surface area contributed by atoms with E-state index in [4.69, 9.17) is 0 Å². The van der Waals surface area contributed by atoms with Crippen LogP contribution in [-0.4, -0.2) is 26.3 Å². The lowest BCUT2D eigenvalue weighted by Crippen LogP contribution is -2.05. The summed E-state index contributed by atoms with van der Waals surface area (Å²) in [4.78, 5) is 12.7. The Kier molecular flexibility index (Phi) is 4.77. The van der Waals surface area contributed by atoms with Crippen LogP contribution >= 0.6 is 11.8 Å². The number of Topliss-reactive ketones (excluding diaryl/α,β-unsaturated/α-hetero) is 1. The molecule has 0 aliphatic rings. The van der Waals surface area contributed by atoms with Gasteiger partial charge in [0.2, 0.25) is 0 Å². The van der Waals surface area contributed by atoms with Crippen molar-refractivity contribution in [2.24, 2.45) is 0 Å². The van der Waals surface area contributed by atoms with Crippen LogP contribution in [0.4, 0.5) is 0 Å². The number of carbonyl (C=O) groups is 1. The third-order valence-electron chi connectivity index (χ3n) is 4.46. The van der Waals surface area contributed by atoms with E-state index in [9.17, 15) is 4.79 Å². The average molecular weight is 373 g/mol. The van der Waals surface area contributed by atoms with Crippen LogP contribution in [0.15, 0.2) is 71.9 Å². The molecule has 0 fully saturated rings. The van der Waals surface area contributed by atoms with E-state index in [1.807, 2.05) is 66.1 Å². The van der Waals surface area contributed by atoms with Gasteiger partial charge >= 0.3 is 0 Å². The van der Waals surface area contributed by atoms with Crippen LogP contribution in [-0.2, 0) is 0 Å². The first-order valence-electron chi connectivity index (χ1n) is 8.76. The third kappa shape index (κ3) is 3.64. The number of fused-ring (bicyclic) bond motifs is 1. The molecule has 0 bridgehead atoms. The van der Waals surface area contributed by atoms with Crippen molar-refractivity contribution in [1.29, 1.82) is 0 Å². The maximum Gasteiger partial charge on any atom is 0.196 e. The minimum atomic E-state index is 0.0854. The van der Waals surface area contributed by atoms with Crippen molar-refractivity contribution in [3.05, 3.63) is 83.7 Å². The SMILES string of the molecule is Cc1cccc(-n2c(C)nnc2SCC(=O)c2ccc3ccccc3c2)c1. The summed E-state index contributed by atoms with van der Waals surface area (Å²) in [6.07, 6.45) is 0. The van der Waals surface area contributed by atoms with Gasteiger partial charge in [-0.25, -0.2) is 0 Å². The van der Waals surface area contributed by atoms with Gasteiger partial charge in [-0.2, -0.15) is 0 Å². The molecule has 4 aromatic rings. The summed E-state index contributed by atoms with van der Waals surface area (Å²) in [5.74, 6) is 1.21. The number of aryl methyl sites for hydroxylation is 2. The number of benzene rings is 3. The fraction of sp³-hybridized carbons (Fsp3) is 0.136. The van der Waals surface area contributed by atoms with Gasteiger partial charge in [0.15, 0.2) is 10.9 Å². The molecule has 0 spiro atoms. The minimum Gasteiger partial charge on any atom is -0.293 e. The molecule has 0 atom stereocenters. The number of thioether (sulfide) groups is 1. The summed E-state index contributed by atoms with van der Waals surface area (Å²) in [6, 6.07) is 22.1. The normalized spacial score (nSPS) is 11.0. The lowest BCUT2D eigenvalue weighted by Gasteiger charge is -2.09. The second kappa shape index (κ2) is 7.37. The van der Waals surface area contributed by atoms with Gasteiger partial charge in [-0.3, -0.25) is 9.36 Å². The van der Waals surface area contributed by atoms with Crippen LogP contribution < -0.4 is 0 Å². The Morgan fingerprint density at radius 3 is 2.56 bits per heavy atom. The molecule has 3 aromatic carbocycles. The molecule has 0 amide bonds. The fourth-order valence-corrected chi connectivity index (χ4v) is 3.97. The molecule has 27 heavy (non-hydrogen) atoms. The standard InChI is InChI=1S/C22H19N3OS/c1-15-6-5-9-20(12-15)25-16(2)23-24-22(25)27-14-21(26)19-11-10-17-7-3-4-8-18(17)13-19/h3-13H,14H2,1-2H3. The molecule has 0 saturated carbocycles. The molecule has 1 aromatic heterocycles. The largest absolute Gasteiger partial charge is 0.293 e. The monoisotopic (exact) mass is 373 g/mol. The second-order valence-electron chi connectivity index (χ2n) is 6.48. The van der Waals surface area contributed by atoms with Crippen molar-refractivity contribution < 1.29 is 4.79 Å². The first-order valence-corrected chi connectivity index (χ1v) is 9.74. The first kappa shape index (κ1) is 17.5. The highest BCUT2D eigenvalue weighted by Crippen LogP contribution is 2.24. The molecule has 0 unspecified atom stereocenters. The highest BCUT2D eigenvalue weighted by molar-refractivity contribution is 7.99. The van der Waals surface area contributed by atoms with E-state index >= 15 is 0 Å². The summed E-state index contributed by atoms with van der Waals surface area (Å²) in [7, 11) is 0. The van der Waals surface area contributed by atoms with Gasteiger partial charge < -0.3 is 0 Å². The summed E-state index contributed by atoms with van der Waals surface area (Å²) in [6.45, 7) is 3.98. The van der Waals surface area contributed by atoms with Crippen molar-refractivity contribution in [2.75, 3.05) is 5.75 Å². The smallest absolute Gasteiger partial charge is 0.196 e. The van der Waals surface area contributed by atoms with E-state index in [0.29, 0.717) is 5.75 Å². The molecule has 4 nitrogen and oxygen atoms in total. The molecule has 1 heterocycles. The van der Waals surface area contributed by atoms with E-state index in [1.54, 1.807) is 0 Å². The maximum absolute atomic E-state index is 12.7. The summed E-state index contributed by atoms with van der Waals surface area (Å²) in [5, 5.41) is 11.4. The molecule has 4 rings (SSSR count). The van der Waals surface area contributed by atoms with E-state index < -0.39 is 0 Å². The molecule has 5 heteroatoms. The highest BCUT2D eigenvalue weighted by Gasteiger charge is 2.14. The first-order chi connectivity index (χ1) is 13.1. The molecule has 0 saturated heterocycles. The number of aromatic nitrogens is 3. The predicted molar refractivity (Wildman–Crippen MR) is 110 cm³/mol. The lowest BCUT2D eigenvalue weighted by molar-refractivity contribution is 0.102. The molecular weight excluding hydrogens is 354 g/mol. The van der Waals surface area contributed by atoms with Crippen LogP contribution in [0.3, 0.4) is 0 Å². The zero-order valence-electron chi connectivity index (χ0n) is 15.2. The summed E-state index contributed by atoms with van der Waals surface area (Å²) in [5.41, 5.74) is 2.90. The number of hydrogen-bond donors (Lipinski definition) is 0. The zero-order valence-corrected chi connectivity index (χ0v) is 16.0. The van der Waals surface area contributed by atoms with Crippen LogP contribution in [0, 0.1) is 13.8 Å².